The number of ketones is 1. The summed E-state index contributed by atoms with van der Waals surface area (Å²) in [5, 5.41) is 6.73. The summed E-state index contributed by atoms with van der Waals surface area (Å²) < 4.78 is 34.0. The van der Waals surface area contributed by atoms with Crippen LogP contribution in [0.4, 0.5) is 8.78 Å². The van der Waals surface area contributed by atoms with Crippen LogP contribution in [0.3, 0.4) is 0 Å². The van der Waals surface area contributed by atoms with Gasteiger partial charge in [0.05, 0.1) is 24.9 Å². The lowest BCUT2D eigenvalue weighted by atomic mass is 10.1. The molecule has 0 aliphatic rings. The summed E-state index contributed by atoms with van der Waals surface area (Å²) in [5.41, 5.74) is 7.15. The summed E-state index contributed by atoms with van der Waals surface area (Å²) >= 11 is 0. The number of hydrogen-bond donors (Lipinski definition) is 2. The predicted molar refractivity (Wildman–Crippen MR) is 129 cm³/mol. The number of hydrogen-bond acceptors (Lipinski definition) is 6. The summed E-state index contributed by atoms with van der Waals surface area (Å²) in [7, 11) is 1.28. The third-order valence-electron chi connectivity index (χ3n) is 5.52. The second-order valence-electron chi connectivity index (χ2n) is 8.35. The maximum Gasteiger partial charge on any atom is 0.337 e. The number of Topliss-reactive ketones (excluding diaryl/α,β-unsaturated/α-hetero) is 1. The third kappa shape index (κ3) is 6.82. The van der Waals surface area contributed by atoms with Gasteiger partial charge in [0, 0.05) is 19.9 Å². The number of carbonyl (C=O) groups is 3. The molecule has 8 nitrogen and oxygen atoms in total. The van der Waals surface area contributed by atoms with Gasteiger partial charge in [0.25, 0.3) is 11.8 Å². The van der Waals surface area contributed by atoms with Crippen LogP contribution in [-0.2, 0) is 28.4 Å². The van der Waals surface area contributed by atoms with Crippen molar-refractivity contribution in [2.24, 2.45) is 5.73 Å². The molecule has 0 fully saturated rings. The van der Waals surface area contributed by atoms with E-state index in [1.54, 1.807) is 42.5 Å². The zero-order valence-corrected chi connectivity index (χ0v) is 20.1. The van der Waals surface area contributed by atoms with Crippen molar-refractivity contribution in [1.82, 2.24) is 15.1 Å². The first-order chi connectivity index (χ1) is 17.1. The van der Waals surface area contributed by atoms with Crippen LogP contribution in [0.5, 0.6) is 0 Å². The number of nitrogens with two attached hydrogens (primary N) is 1. The molecule has 0 atom stereocenters. The fourth-order valence-electron chi connectivity index (χ4n) is 3.54. The maximum atomic E-state index is 14.1. The number of halogens is 2. The van der Waals surface area contributed by atoms with Crippen LogP contribution in [0.15, 0.2) is 54.6 Å². The molecule has 3 N–H and O–H groups in total. The second kappa shape index (κ2) is 11.7. The number of alkyl halides is 2. The monoisotopic (exact) mass is 498 g/mol. The van der Waals surface area contributed by atoms with Gasteiger partial charge in [0.2, 0.25) is 0 Å². The van der Waals surface area contributed by atoms with E-state index in [4.69, 9.17) is 5.73 Å². The lowest BCUT2D eigenvalue weighted by molar-refractivity contribution is -0.117. The maximum absolute atomic E-state index is 14.1. The predicted octanol–water partition coefficient (Wildman–Crippen LogP) is 3.55. The van der Waals surface area contributed by atoms with E-state index in [2.05, 4.69) is 15.2 Å². The Bertz CT molecular complexity index is 1230. The van der Waals surface area contributed by atoms with Crippen LogP contribution < -0.4 is 11.1 Å². The fraction of sp³-hybridized carbons (Fsp3) is 0.308. The molecule has 2 aromatic carbocycles. The number of aryl methyl sites for hydroxylation is 1. The van der Waals surface area contributed by atoms with E-state index in [1.165, 1.54) is 11.8 Å². The molecule has 10 heteroatoms. The molecular weight excluding hydrogens is 470 g/mol. The van der Waals surface area contributed by atoms with Gasteiger partial charge in [0.1, 0.15) is 17.2 Å². The highest BCUT2D eigenvalue weighted by Crippen LogP contribution is 2.28. The number of aromatic nitrogens is 2. The minimum absolute atomic E-state index is 0.00473. The highest BCUT2D eigenvalue weighted by Gasteiger charge is 2.31. The number of amides is 1. The van der Waals surface area contributed by atoms with Crippen LogP contribution in [-0.4, -0.2) is 41.1 Å². The van der Waals surface area contributed by atoms with Crippen molar-refractivity contribution in [1.29, 1.82) is 0 Å². The average Bonchev–Trinajstić information content (AvgIpc) is 3.34. The molecule has 3 aromatic rings. The number of esters is 1. The molecule has 0 saturated carbocycles. The van der Waals surface area contributed by atoms with Gasteiger partial charge in [-0.3, -0.25) is 9.59 Å². The van der Waals surface area contributed by atoms with Gasteiger partial charge in [-0.25, -0.2) is 9.48 Å². The highest BCUT2D eigenvalue weighted by molar-refractivity contribution is 5.93. The Balaban J connectivity index is 1.81. The number of rotatable bonds is 11. The molecule has 0 aliphatic carbocycles. The first-order valence-corrected chi connectivity index (χ1v) is 11.4. The first kappa shape index (κ1) is 26.7. The third-order valence-corrected chi connectivity index (χ3v) is 5.52. The normalized spacial score (nSPS) is 11.2. The molecule has 1 aromatic heterocycles. The van der Waals surface area contributed by atoms with Gasteiger partial charge in [0.15, 0.2) is 0 Å². The summed E-state index contributed by atoms with van der Waals surface area (Å²) in [6.07, 6.45) is 1.53. The minimum Gasteiger partial charge on any atom is -0.465 e. The molecule has 0 radical (unpaired) electrons. The second-order valence-corrected chi connectivity index (χ2v) is 8.35. The molecule has 0 saturated heterocycles. The standard InChI is InChI=1S/C26H28F2N4O4/c1-26(27,28)23-14-22(24(34)30-16-18-9-11-19(12-10-18)25(35)36-2)32(31-23)20-7-3-5-17(13-20)6-4-8-21(33)15-29/h3,5,7,9-14H,4,6,8,15-16,29H2,1-2H3,(H,30,34). The molecule has 36 heavy (non-hydrogen) atoms. The molecule has 1 amide bonds. The van der Waals surface area contributed by atoms with E-state index in [-0.39, 0.29) is 24.6 Å². The SMILES string of the molecule is COC(=O)c1ccc(CNC(=O)c2cc(C(C)(F)F)nn2-c2cccc(CCCC(=O)CN)c2)cc1. The zero-order chi connectivity index (χ0) is 26.3. The quantitative estimate of drug-likeness (QED) is 0.391. The molecule has 0 spiro atoms. The smallest absolute Gasteiger partial charge is 0.337 e. The van der Waals surface area contributed by atoms with Crippen LogP contribution in [0.2, 0.25) is 0 Å². The summed E-state index contributed by atoms with van der Waals surface area (Å²) in [6.45, 7) is 0.822. The molecular formula is C26H28F2N4O4. The lowest BCUT2D eigenvalue weighted by Crippen LogP contribution is -2.25. The van der Waals surface area contributed by atoms with Gasteiger partial charge in [-0.2, -0.15) is 13.9 Å². The number of carbonyl (C=O) groups excluding carboxylic acids is 3. The van der Waals surface area contributed by atoms with E-state index in [0.717, 1.165) is 18.6 Å². The number of benzene rings is 2. The Labute approximate surface area is 207 Å². The van der Waals surface area contributed by atoms with E-state index >= 15 is 0 Å². The van der Waals surface area contributed by atoms with Crippen molar-refractivity contribution in [2.45, 2.75) is 38.7 Å². The Kier molecular flexibility index (Phi) is 8.65. The van der Waals surface area contributed by atoms with Crippen molar-refractivity contribution in [3.05, 3.63) is 82.7 Å². The molecule has 1 heterocycles. The van der Waals surface area contributed by atoms with Gasteiger partial charge < -0.3 is 15.8 Å². The Morgan fingerprint density at radius 2 is 1.81 bits per heavy atom. The molecule has 0 bridgehead atoms. The summed E-state index contributed by atoms with van der Waals surface area (Å²) in [4.78, 5) is 36.0. The Morgan fingerprint density at radius 1 is 1.08 bits per heavy atom. The molecule has 0 unspecified atom stereocenters. The van der Waals surface area contributed by atoms with Gasteiger partial charge in [-0.1, -0.05) is 24.3 Å². The average molecular weight is 499 g/mol. The van der Waals surface area contributed by atoms with Crippen molar-refractivity contribution in [3.8, 4) is 5.69 Å². The number of nitrogens with zero attached hydrogens (tertiary/aromatic N) is 2. The fourth-order valence-corrected chi connectivity index (χ4v) is 3.54. The highest BCUT2D eigenvalue weighted by atomic mass is 19.3. The lowest BCUT2D eigenvalue weighted by Gasteiger charge is -2.10. The molecule has 190 valence electrons. The number of methoxy groups -OCH3 is 1. The zero-order valence-electron chi connectivity index (χ0n) is 20.1. The number of ether oxygens (including phenoxy) is 1. The van der Waals surface area contributed by atoms with Crippen LogP contribution in [0.25, 0.3) is 5.69 Å². The van der Waals surface area contributed by atoms with Crippen LogP contribution >= 0.6 is 0 Å². The van der Waals surface area contributed by atoms with Gasteiger partial charge >= 0.3 is 5.97 Å². The van der Waals surface area contributed by atoms with Crippen LogP contribution in [0, 0.1) is 0 Å². The van der Waals surface area contributed by atoms with Crippen LogP contribution in [0.1, 0.15) is 57.4 Å². The van der Waals surface area contributed by atoms with E-state index in [0.29, 0.717) is 36.1 Å². The van der Waals surface area contributed by atoms with E-state index in [1.807, 2.05) is 6.07 Å². The summed E-state index contributed by atoms with van der Waals surface area (Å²) in [6, 6.07) is 14.5. The van der Waals surface area contributed by atoms with E-state index < -0.39 is 23.5 Å². The minimum atomic E-state index is -3.25. The molecule has 3 rings (SSSR count). The van der Waals surface area contributed by atoms with Crippen molar-refractivity contribution in [3.63, 3.8) is 0 Å². The van der Waals surface area contributed by atoms with Crippen molar-refractivity contribution in [2.75, 3.05) is 13.7 Å². The van der Waals surface area contributed by atoms with E-state index in [9.17, 15) is 23.2 Å². The molecule has 0 aliphatic heterocycles. The van der Waals surface area contributed by atoms with Crippen molar-refractivity contribution >= 4 is 17.7 Å². The van der Waals surface area contributed by atoms with Crippen molar-refractivity contribution < 1.29 is 27.9 Å². The Morgan fingerprint density at radius 3 is 2.44 bits per heavy atom. The topological polar surface area (TPSA) is 116 Å². The number of nitrogens with one attached hydrogen (secondary N) is 1. The van der Waals surface area contributed by atoms with Gasteiger partial charge in [-0.15, -0.1) is 0 Å². The summed E-state index contributed by atoms with van der Waals surface area (Å²) in [5.74, 6) is -4.35. The first-order valence-electron chi connectivity index (χ1n) is 11.4. The van der Waals surface area contributed by atoms with Gasteiger partial charge in [-0.05, 0) is 54.3 Å². The Hall–Kier alpha value is -3.92. The largest absolute Gasteiger partial charge is 0.465 e.